The number of para-hydroxylation sites is 1. The Labute approximate surface area is 107 Å². The second-order valence-corrected chi connectivity index (χ2v) is 4.65. The molecule has 3 heteroatoms. The van der Waals surface area contributed by atoms with Gasteiger partial charge in [0.2, 0.25) is 0 Å². The number of nitrogens with two attached hydrogens (primary N) is 1. The third kappa shape index (κ3) is 2.16. The van der Waals surface area contributed by atoms with Crippen LogP contribution in [0.15, 0.2) is 41.2 Å². The monoisotopic (exact) mass is 242 g/mol. The van der Waals surface area contributed by atoms with Gasteiger partial charge in [0.05, 0.1) is 6.04 Å². The Kier molecular flexibility index (Phi) is 3.24. The highest BCUT2D eigenvalue weighted by Crippen LogP contribution is 2.25. The third-order valence-electron chi connectivity index (χ3n) is 3.30. The zero-order valence-electron chi connectivity index (χ0n) is 11.0. The first-order valence-electron chi connectivity index (χ1n) is 6.05. The van der Waals surface area contributed by atoms with Crippen LogP contribution in [0.2, 0.25) is 0 Å². The SMILES string of the molecule is Cc1cc(=O)cc(C)n1C(C)c1ccccc1N. The molecule has 0 aliphatic heterocycles. The molecule has 2 rings (SSSR count). The Morgan fingerprint density at radius 2 is 1.67 bits per heavy atom. The number of aryl methyl sites for hydroxylation is 2. The summed E-state index contributed by atoms with van der Waals surface area (Å²) in [7, 11) is 0. The first kappa shape index (κ1) is 12.4. The summed E-state index contributed by atoms with van der Waals surface area (Å²) in [5, 5.41) is 0. The number of pyridine rings is 1. The Balaban J connectivity index is 2.57. The topological polar surface area (TPSA) is 48.0 Å². The summed E-state index contributed by atoms with van der Waals surface area (Å²) in [4.78, 5) is 11.5. The largest absolute Gasteiger partial charge is 0.398 e. The van der Waals surface area contributed by atoms with Crippen molar-refractivity contribution in [2.45, 2.75) is 26.8 Å². The highest BCUT2D eigenvalue weighted by molar-refractivity contribution is 5.48. The number of hydrogen-bond donors (Lipinski definition) is 1. The molecular formula is C15H18N2O. The standard InChI is InChI=1S/C15H18N2O/c1-10-8-13(18)9-11(2)17(10)12(3)14-6-4-5-7-15(14)16/h4-9,12H,16H2,1-3H3. The molecule has 0 aliphatic carbocycles. The highest BCUT2D eigenvalue weighted by atomic mass is 16.1. The van der Waals surface area contributed by atoms with E-state index in [4.69, 9.17) is 5.73 Å². The smallest absolute Gasteiger partial charge is 0.182 e. The van der Waals surface area contributed by atoms with Crippen molar-refractivity contribution in [3.05, 3.63) is 63.6 Å². The molecular weight excluding hydrogens is 224 g/mol. The van der Waals surface area contributed by atoms with Crippen LogP contribution in [0.3, 0.4) is 0 Å². The fourth-order valence-corrected chi connectivity index (χ4v) is 2.51. The first-order chi connectivity index (χ1) is 8.50. The van der Waals surface area contributed by atoms with E-state index in [2.05, 4.69) is 11.5 Å². The Hall–Kier alpha value is -2.03. The van der Waals surface area contributed by atoms with E-state index in [0.717, 1.165) is 22.6 Å². The van der Waals surface area contributed by atoms with E-state index in [1.807, 2.05) is 38.1 Å². The van der Waals surface area contributed by atoms with Crippen LogP contribution >= 0.6 is 0 Å². The number of nitrogen functional groups attached to an aromatic ring is 1. The molecule has 0 radical (unpaired) electrons. The van der Waals surface area contributed by atoms with Gasteiger partial charge in [-0.3, -0.25) is 4.79 Å². The van der Waals surface area contributed by atoms with Crippen molar-refractivity contribution >= 4 is 5.69 Å². The lowest BCUT2D eigenvalue weighted by Crippen LogP contribution is -2.18. The van der Waals surface area contributed by atoms with Crippen LogP contribution in [-0.2, 0) is 0 Å². The number of aromatic nitrogens is 1. The van der Waals surface area contributed by atoms with Gasteiger partial charge in [0.25, 0.3) is 0 Å². The lowest BCUT2D eigenvalue weighted by molar-refractivity contribution is 0.599. The van der Waals surface area contributed by atoms with E-state index in [1.165, 1.54) is 0 Å². The molecule has 0 aliphatic rings. The van der Waals surface area contributed by atoms with E-state index >= 15 is 0 Å². The van der Waals surface area contributed by atoms with E-state index in [9.17, 15) is 4.79 Å². The molecule has 0 saturated heterocycles. The van der Waals surface area contributed by atoms with Gasteiger partial charge in [0.1, 0.15) is 0 Å². The van der Waals surface area contributed by atoms with Gasteiger partial charge in [-0.05, 0) is 32.4 Å². The van der Waals surface area contributed by atoms with Crippen LogP contribution in [0, 0.1) is 13.8 Å². The van der Waals surface area contributed by atoms with Gasteiger partial charge in [0.15, 0.2) is 5.43 Å². The molecule has 0 saturated carbocycles. The molecule has 18 heavy (non-hydrogen) atoms. The van der Waals surface area contributed by atoms with Gasteiger partial charge in [-0.2, -0.15) is 0 Å². The predicted octanol–water partition coefficient (Wildman–Crippen LogP) is 2.66. The Morgan fingerprint density at radius 1 is 1.11 bits per heavy atom. The van der Waals surface area contributed by atoms with Crippen molar-refractivity contribution in [1.29, 1.82) is 0 Å². The normalized spacial score (nSPS) is 12.4. The maximum absolute atomic E-state index is 11.5. The lowest BCUT2D eigenvalue weighted by atomic mass is 10.0. The van der Waals surface area contributed by atoms with Gasteiger partial charge >= 0.3 is 0 Å². The fourth-order valence-electron chi connectivity index (χ4n) is 2.51. The molecule has 0 spiro atoms. The van der Waals surface area contributed by atoms with Crippen LogP contribution in [-0.4, -0.2) is 4.57 Å². The van der Waals surface area contributed by atoms with E-state index in [-0.39, 0.29) is 11.5 Å². The second-order valence-electron chi connectivity index (χ2n) is 4.65. The molecule has 2 aromatic rings. The number of rotatable bonds is 2. The predicted molar refractivity (Wildman–Crippen MR) is 74.8 cm³/mol. The average Bonchev–Trinajstić information content (AvgIpc) is 2.27. The van der Waals surface area contributed by atoms with Crippen molar-refractivity contribution in [2.24, 2.45) is 0 Å². The van der Waals surface area contributed by atoms with Crippen molar-refractivity contribution in [3.63, 3.8) is 0 Å². The zero-order chi connectivity index (χ0) is 13.3. The summed E-state index contributed by atoms with van der Waals surface area (Å²) in [5.74, 6) is 0. The second kappa shape index (κ2) is 4.69. The average molecular weight is 242 g/mol. The Bertz CT molecular complexity index is 602. The summed E-state index contributed by atoms with van der Waals surface area (Å²) < 4.78 is 2.13. The van der Waals surface area contributed by atoms with Gasteiger partial charge in [-0.15, -0.1) is 0 Å². The molecule has 1 unspecified atom stereocenters. The lowest BCUT2D eigenvalue weighted by Gasteiger charge is -2.23. The van der Waals surface area contributed by atoms with Crippen molar-refractivity contribution in [3.8, 4) is 0 Å². The molecule has 0 fully saturated rings. The minimum Gasteiger partial charge on any atom is -0.398 e. The summed E-state index contributed by atoms with van der Waals surface area (Å²) in [6.45, 7) is 5.99. The van der Waals surface area contributed by atoms with Crippen LogP contribution in [0.4, 0.5) is 5.69 Å². The molecule has 1 atom stereocenters. The van der Waals surface area contributed by atoms with E-state index < -0.39 is 0 Å². The number of nitrogens with zero attached hydrogens (tertiary/aromatic N) is 1. The van der Waals surface area contributed by atoms with Gasteiger partial charge < -0.3 is 10.3 Å². The summed E-state index contributed by atoms with van der Waals surface area (Å²) in [6.07, 6.45) is 0. The first-order valence-corrected chi connectivity index (χ1v) is 6.05. The zero-order valence-corrected chi connectivity index (χ0v) is 11.0. The van der Waals surface area contributed by atoms with E-state index in [0.29, 0.717) is 0 Å². The molecule has 1 aromatic heterocycles. The molecule has 1 aromatic carbocycles. The molecule has 2 N–H and O–H groups in total. The third-order valence-corrected chi connectivity index (χ3v) is 3.30. The van der Waals surface area contributed by atoms with Crippen LogP contribution < -0.4 is 11.2 Å². The fraction of sp³-hybridized carbons (Fsp3) is 0.267. The van der Waals surface area contributed by atoms with Gasteiger partial charge in [-0.1, -0.05) is 18.2 Å². The molecule has 0 amide bonds. The van der Waals surface area contributed by atoms with Gasteiger partial charge in [-0.25, -0.2) is 0 Å². The van der Waals surface area contributed by atoms with Crippen LogP contribution in [0.25, 0.3) is 0 Å². The minimum atomic E-state index is 0.0504. The number of benzene rings is 1. The van der Waals surface area contributed by atoms with E-state index in [1.54, 1.807) is 12.1 Å². The van der Waals surface area contributed by atoms with Crippen molar-refractivity contribution in [2.75, 3.05) is 5.73 Å². The maximum atomic E-state index is 11.5. The van der Waals surface area contributed by atoms with Crippen molar-refractivity contribution in [1.82, 2.24) is 4.57 Å². The number of anilines is 1. The molecule has 1 heterocycles. The molecule has 0 bridgehead atoms. The van der Waals surface area contributed by atoms with Crippen LogP contribution in [0.5, 0.6) is 0 Å². The molecule has 3 nitrogen and oxygen atoms in total. The van der Waals surface area contributed by atoms with Crippen LogP contribution in [0.1, 0.15) is 29.9 Å². The van der Waals surface area contributed by atoms with Crippen molar-refractivity contribution < 1.29 is 0 Å². The minimum absolute atomic E-state index is 0.0504. The quantitative estimate of drug-likeness (QED) is 0.823. The highest BCUT2D eigenvalue weighted by Gasteiger charge is 2.13. The Morgan fingerprint density at radius 3 is 2.22 bits per heavy atom. The summed E-state index contributed by atoms with van der Waals surface area (Å²) in [6, 6.07) is 11.3. The molecule has 94 valence electrons. The van der Waals surface area contributed by atoms with Gasteiger partial charge in [0, 0.05) is 29.2 Å². The summed E-state index contributed by atoms with van der Waals surface area (Å²) >= 11 is 0. The maximum Gasteiger partial charge on any atom is 0.182 e. The number of hydrogen-bond acceptors (Lipinski definition) is 2. The summed E-state index contributed by atoms with van der Waals surface area (Å²) in [5.41, 5.74) is 9.83.